The number of nitrogens with zero attached hydrogens (tertiary/aromatic N) is 2. The minimum Gasteiger partial charge on any atom is -0.497 e. The monoisotopic (exact) mass is 406 g/mol. The van der Waals surface area contributed by atoms with Gasteiger partial charge < -0.3 is 19.1 Å². The summed E-state index contributed by atoms with van der Waals surface area (Å²) in [6, 6.07) is 5.11. The average molecular weight is 407 g/mol. The number of carbonyl (C=O) groups excluding carboxylic acids is 2. The van der Waals surface area contributed by atoms with Gasteiger partial charge in [0.2, 0.25) is 0 Å². The van der Waals surface area contributed by atoms with Crippen molar-refractivity contribution in [2.45, 2.75) is 32.7 Å². The van der Waals surface area contributed by atoms with E-state index in [2.05, 4.69) is 11.9 Å². The van der Waals surface area contributed by atoms with Crippen molar-refractivity contribution in [2.24, 2.45) is 0 Å². The Morgan fingerprint density at radius 2 is 1.75 bits per heavy atom. The molecule has 7 nitrogen and oxygen atoms in total. The van der Waals surface area contributed by atoms with Crippen molar-refractivity contribution in [1.29, 1.82) is 0 Å². The molecule has 0 aliphatic heterocycles. The Labute approximate surface area is 169 Å². The fraction of sp³-hybridized carbons (Fsp3) is 0.450. The second-order valence-electron chi connectivity index (χ2n) is 6.15. The molecule has 0 bridgehead atoms. The van der Waals surface area contributed by atoms with E-state index in [1.54, 1.807) is 42.7 Å². The molecule has 1 heterocycles. The Hall–Kier alpha value is -2.61. The lowest BCUT2D eigenvalue weighted by Gasteiger charge is -2.22. The van der Waals surface area contributed by atoms with Crippen molar-refractivity contribution in [3.05, 3.63) is 39.8 Å². The number of amides is 1. The molecule has 0 radical (unpaired) electrons. The third kappa shape index (κ3) is 5.69. The Bertz CT molecular complexity index is 783. The molecule has 1 amide bonds. The van der Waals surface area contributed by atoms with Crippen LogP contribution in [0.5, 0.6) is 11.5 Å². The SMILES string of the molecule is CCCCCN(Cc1nc(C(=O)OC)cs1)C(=O)c1cc(OC)cc(OC)c1. The lowest BCUT2D eigenvalue weighted by Crippen LogP contribution is -2.31. The van der Waals surface area contributed by atoms with E-state index in [0.29, 0.717) is 35.2 Å². The van der Waals surface area contributed by atoms with Gasteiger partial charge in [-0.25, -0.2) is 9.78 Å². The molecule has 8 heteroatoms. The second kappa shape index (κ2) is 10.7. The third-order valence-electron chi connectivity index (χ3n) is 4.19. The first kappa shape index (κ1) is 21.7. The Balaban J connectivity index is 2.25. The van der Waals surface area contributed by atoms with E-state index in [0.717, 1.165) is 19.3 Å². The Morgan fingerprint density at radius 1 is 1.07 bits per heavy atom. The van der Waals surface area contributed by atoms with Gasteiger partial charge in [0.05, 0.1) is 27.9 Å². The van der Waals surface area contributed by atoms with Crippen LogP contribution < -0.4 is 9.47 Å². The van der Waals surface area contributed by atoms with E-state index in [1.165, 1.54) is 18.4 Å². The van der Waals surface area contributed by atoms with Crippen LogP contribution in [0.15, 0.2) is 23.6 Å². The van der Waals surface area contributed by atoms with Crippen LogP contribution in [0.25, 0.3) is 0 Å². The van der Waals surface area contributed by atoms with Gasteiger partial charge in [-0.1, -0.05) is 19.8 Å². The summed E-state index contributed by atoms with van der Waals surface area (Å²) in [4.78, 5) is 30.8. The van der Waals surface area contributed by atoms with Gasteiger partial charge in [-0.15, -0.1) is 11.3 Å². The minimum atomic E-state index is -0.483. The lowest BCUT2D eigenvalue weighted by molar-refractivity contribution is 0.0594. The molecule has 0 aliphatic rings. The highest BCUT2D eigenvalue weighted by molar-refractivity contribution is 7.09. The van der Waals surface area contributed by atoms with Gasteiger partial charge in [-0.05, 0) is 18.6 Å². The molecule has 0 saturated carbocycles. The number of methoxy groups -OCH3 is 3. The van der Waals surface area contributed by atoms with Crippen LogP contribution in [0.3, 0.4) is 0 Å². The van der Waals surface area contributed by atoms with Gasteiger partial charge >= 0.3 is 5.97 Å². The summed E-state index contributed by atoms with van der Waals surface area (Å²) in [7, 11) is 4.41. The first-order valence-corrected chi connectivity index (χ1v) is 9.95. The summed E-state index contributed by atoms with van der Waals surface area (Å²) in [6.45, 7) is 3.03. The molecule has 0 fully saturated rings. The molecule has 0 saturated heterocycles. The zero-order valence-corrected chi connectivity index (χ0v) is 17.5. The highest BCUT2D eigenvalue weighted by atomic mass is 32.1. The lowest BCUT2D eigenvalue weighted by atomic mass is 10.1. The maximum Gasteiger partial charge on any atom is 0.357 e. The van der Waals surface area contributed by atoms with E-state index in [-0.39, 0.29) is 11.6 Å². The average Bonchev–Trinajstić information content (AvgIpc) is 3.20. The quantitative estimate of drug-likeness (QED) is 0.441. The van der Waals surface area contributed by atoms with E-state index in [9.17, 15) is 9.59 Å². The topological polar surface area (TPSA) is 78.0 Å². The number of unbranched alkanes of at least 4 members (excludes halogenated alkanes) is 2. The number of ether oxygens (including phenoxy) is 3. The first-order chi connectivity index (χ1) is 13.5. The third-order valence-corrected chi connectivity index (χ3v) is 5.02. The van der Waals surface area contributed by atoms with Crippen molar-refractivity contribution in [3.8, 4) is 11.5 Å². The second-order valence-corrected chi connectivity index (χ2v) is 7.10. The largest absolute Gasteiger partial charge is 0.497 e. The number of hydrogen-bond donors (Lipinski definition) is 0. The van der Waals surface area contributed by atoms with Crippen LogP contribution in [0.2, 0.25) is 0 Å². The van der Waals surface area contributed by atoms with E-state index >= 15 is 0 Å². The Kier molecular flexibility index (Phi) is 8.25. The maximum atomic E-state index is 13.2. The summed E-state index contributed by atoms with van der Waals surface area (Å²) in [5, 5.41) is 2.32. The molecule has 28 heavy (non-hydrogen) atoms. The molecule has 0 N–H and O–H groups in total. The smallest absolute Gasteiger partial charge is 0.357 e. The van der Waals surface area contributed by atoms with Crippen LogP contribution in [0, 0.1) is 0 Å². The van der Waals surface area contributed by atoms with Crippen molar-refractivity contribution >= 4 is 23.2 Å². The molecular formula is C20H26N2O5S. The number of esters is 1. The molecule has 0 spiro atoms. The molecular weight excluding hydrogens is 380 g/mol. The van der Waals surface area contributed by atoms with Crippen molar-refractivity contribution in [1.82, 2.24) is 9.88 Å². The van der Waals surface area contributed by atoms with Gasteiger partial charge in [0, 0.05) is 23.6 Å². The fourth-order valence-corrected chi connectivity index (χ4v) is 3.44. The Morgan fingerprint density at radius 3 is 2.32 bits per heavy atom. The van der Waals surface area contributed by atoms with E-state index in [1.807, 2.05) is 0 Å². The zero-order valence-electron chi connectivity index (χ0n) is 16.7. The van der Waals surface area contributed by atoms with Crippen LogP contribution in [-0.2, 0) is 11.3 Å². The molecule has 2 rings (SSSR count). The summed E-state index contributed by atoms with van der Waals surface area (Å²) in [5.41, 5.74) is 0.740. The van der Waals surface area contributed by atoms with E-state index in [4.69, 9.17) is 14.2 Å². The number of carbonyl (C=O) groups is 2. The summed E-state index contributed by atoms with van der Waals surface area (Å²) in [5.74, 6) is 0.490. The van der Waals surface area contributed by atoms with Gasteiger partial charge in [-0.3, -0.25) is 4.79 Å². The van der Waals surface area contributed by atoms with Gasteiger partial charge in [0.15, 0.2) is 5.69 Å². The molecule has 2 aromatic rings. The van der Waals surface area contributed by atoms with Crippen molar-refractivity contribution < 1.29 is 23.8 Å². The highest BCUT2D eigenvalue weighted by Crippen LogP contribution is 2.24. The number of rotatable bonds is 10. The molecule has 1 aromatic carbocycles. The number of benzene rings is 1. The van der Waals surface area contributed by atoms with Gasteiger partial charge in [0.25, 0.3) is 5.91 Å². The molecule has 0 atom stereocenters. The number of thiazole rings is 1. The zero-order chi connectivity index (χ0) is 20.5. The van der Waals surface area contributed by atoms with Gasteiger partial charge in [-0.2, -0.15) is 0 Å². The molecule has 152 valence electrons. The predicted molar refractivity (Wildman–Crippen MR) is 107 cm³/mol. The normalized spacial score (nSPS) is 10.4. The highest BCUT2D eigenvalue weighted by Gasteiger charge is 2.20. The summed E-state index contributed by atoms with van der Waals surface area (Å²) in [6.07, 6.45) is 2.97. The molecule has 0 aliphatic carbocycles. The van der Waals surface area contributed by atoms with E-state index < -0.39 is 5.97 Å². The van der Waals surface area contributed by atoms with Crippen LogP contribution in [0.1, 0.15) is 52.0 Å². The predicted octanol–water partition coefficient (Wildman–Crippen LogP) is 3.78. The molecule has 0 unspecified atom stereocenters. The number of hydrogen-bond acceptors (Lipinski definition) is 7. The molecule has 1 aromatic heterocycles. The van der Waals surface area contributed by atoms with Crippen LogP contribution in [-0.4, -0.2) is 49.6 Å². The summed E-state index contributed by atoms with van der Waals surface area (Å²) < 4.78 is 15.2. The summed E-state index contributed by atoms with van der Waals surface area (Å²) >= 11 is 1.33. The van der Waals surface area contributed by atoms with Gasteiger partial charge in [0.1, 0.15) is 16.5 Å². The van der Waals surface area contributed by atoms with Crippen molar-refractivity contribution in [3.63, 3.8) is 0 Å². The maximum absolute atomic E-state index is 13.2. The fourth-order valence-electron chi connectivity index (χ4n) is 2.66. The van der Waals surface area contributed by atoms with Crippen molar-refractivity contribution in [2.75, 3.05) is 27.9 Å². The number of aromatic nitrogens is 1. The minimum absolute atomic E-state index is 0.136. The van der Waals surface area contributed by atoms with Crippen LogP contribution >= 0.6 is 11.3 Å². The van der Waals surface area contributed by atoms with Crippen LogP contribution in [0.4, 0.5) is 0 Å². The first-order valence-electron chi connectivity index (χ1n) is 9.07. The standard InChI is InChI=1S/C20H26N2O5S/c1-5-6-7-8-22(12-18-21-17(13-28-18)20(24)27-4)19(23)14-9-15(25-2)11-16(10-14)26-3/h9-11,13H,5-8,12H2,1-4H3.